The Morgan fingerprint density at radius 2 is 1.76 bits per heavy atom. The highest BCUT2D eigenvalue weighted by Crippen LogP contribution is 2.41. The second-order valence-corrected chi connectivity index (χ2v) is 8.62. The van der Waals surface area contributed by atoms with E-state index >= 15 is 0 Å². The largest absolute Gasteiger partial charge is 0.494 e. The van der Waals surface area contributed by atoms with E-state index in [2.05, 4.69) is 48.3 Å². The molecule has 7 heteroatoms. The summed E-state index contributed by atoms with van der Waals surface area (Å²) in [7, 11) is 0. The van der Waals surface area contributed by atoms with Crippen LogP contribution in [0.15, 0.2) is 59.8 Å². The van der Waals surface area contributed by atoms with Gasteiger partial charge in [-0.05, 0) is 75.6 Å². The smallest absolute Gasteiger partial charge is 0.226 e. The second-order valence-electron chi connectivity index (χ2n) is 8.62. The van der Waals surface area contributed by atoms with Gasteiger partial charge < -0.3 is 15.0 Å². The fraction of sp³-hybridized carbons (Fsp3) is 0.370. The topological polar surface area (TPSA) is 72.3 Å². The van der Waals surface area contributed by atoms with E-state index in [4.69, 9.17) is 14.8 Å². The van der Waals surface area contributed by atoms with Crippen molar-refractivity contribution in [2.75, 3.05) is 29.9 Å². The van der Waals surface area contributed by atoms with Crippen LogP contribution in [0.2, 0.25) is 0 Å². The fourth-order valence-corrected chi connectivity index (χ4v) is 4.91. The van der Waals surface area contributed by atoms with Gasteiger partial charge in [0.05, 0.1) is 6.61 Å². The molecule has 1 unspecified atom stereocenters. The molecule has 1 N–H and O–H groups in total. The predicted molar refractivity (Wildman–Crippen MR) is 134 cm³/mol. The van der Waals surface area contributed by atoms with Crippen LogP contribution in [-0.2, 0) is 4.79 Å². The van der Waals surface area contributed by atoms with E-state index in [1.165, 1.54) is 5.69 Å². The molecule has 2 aliphatic rings. The molecule has 0 saturated heterocycles. The number of rotatable bonds is 7. The third-order valence-electron chi connectivity index (χ3n) is 6.63. The van der Waals surface area contributed by atoms with Gasteiger partial charge in [0.2, 0.25) is 5.95 Å². The Hall–Kier alpha value is -3.61. The average Bonchev–Trinajstić information content (AvgIpc) is 3.29. The third-order valence-corrected chi connectivity index (χ3v) is 6.63. The van der Waals surface area contributed by atoms with Crippen LogP contribution in [0.4, 0.5) is 11.6 Å². The van der Waals surface area contributed by atoms with E-state index in [-0.39, 0.29) is 11.8 Å². The molecule has 0 spiro atoms. The number of ketones is 1. The molecule has 5 rings (SSSR count). The van der Waals surface area contributed by atoms with Crippen LogP contribution in [0.3, 0.4) is 0 Å². The minimum atomic E-state index is -0.300. The molecule has 34 heavy (non-hydrogen) atoms. The Labute approximate surface area is 200 Å². The summed E-state index contributed by atoms with van der Waals surface area (Å²) in [4.78, 5) is 20.2. The summed E-state index contributed by atoms with van der Waals surface area (Å²) in [6, 6.07) is 16.0. The van der Waals surface area contributed by atoms with Crippen molar-refractivity contribution in [2.45, 2.75) is 46.1 Å². The molecule has 1 aliphatic heterocycles. The number of ether oxygens (including phenoxy) is 1. The number of carbonyl (C=O) groups is 1. The number of carbonyl (C=O) groups excluding carboxylic acids is 1. The first-order valence-electron chi connectivity index (χ1n) is 12.2. The summed E-state index contributed by atoms with van der Waals surface area (Å²) in [6.45, 7) is 8.83. The van der Waals surface area contributed by atoms with Crippen LogP contribution in [0.25, 0.3) is 11.4 Å². The predicted octanol–water partition coefficient (Wildman–Crippen LogP) is 5.21. The molecule has 3 aromatic rings. The van der Waals surface area contributed by atoms with Crippen LogP contribution in [-0.4, -0.2) is 40.2 Å². The minimum absolute atomic E-state index is 0.180. The van der Waals surface area contributed by atoms with Crippen molar-refractivity contribution < 1.29 is 9.53 Å². The zero-order valence-corrected chi connectivity index (χ0v) is 20.0. The Kier molecular flexibility index (Phi) is 6.09. The van der Waals surface area contributed by atoms with Crippen LogP contribution in [0.5, 0.6) is 5.75 Å². The fourth-order valence-electron chi connectivity index (χ4n) is 4.91. The number of hydrogen-bond acceptors (Lipinski definition) is 6. The van der Waals surface area contributed by atoms with Crippen molar-refractivity contribution in [3.05, 3.63) is 65.4 Å². The first-order valence-corrected chi connectivity index (χ1v) is 12.2. The summed E-state index contributed by atoms with van der Waals surface area (Å²) < 4.78 is 7.49. The van der Waals surface area contributed by atoms with E-state index in [1.54, 1.807) is 0 Å². The summed E-state index contributed by atoms with van der Waals surface area (Å²) in [5.41, 5.74) is 4.91. The van der Waals surface area contributed by atoms with Crippen molar-refractivity contribution >= 4 is 17.4 Å². The molecular formula is C27H31N5O2. The lowest BCUT2D eigenvalue weighted by Crippen LogP contribution is -2.31. The Morgan fingerprint density at radius 3 is 2.44 bits per heavy atom. The Balaban J connectivity index is 1.54. The van der Waals surface area contributed by atoms with Gasteiger partial charge in [-0.3, -0.25) is 4.79 Å². The van der Waals surface area contributed by atoms with Gasteiger partial charge in [-0.25, -0.2) is 4.68 Å². The Morgan fingerprint density at radius 1 is 1.03 bits per heavy atom. The number of Topliss-reactive ketones (excluding diaryl/α,β-unsaturated/α-hetero) is 1. The molecule has 2 heterocycles. The summed E-state index contributed by atoms with van der Waals surface area (Å²) in [5.74, 6) is 2.32. The zero-order valence-electron chi connectivity index (χ0n) is 20.0. The SMILES string of the molecule is CCOc1ccc(C2C3=C(CCCC3=O)Nc3nc(-c4ccc(N(CC)CC)cc4)nn32)cc1. The molecule has 7 nitrogen and oxygen atoms in total. The van der Waals surface area contributed by atoms with Gasteiger partial charge in [0.25, 0.3) is 0 Å². The summed E-state index contributed by atoms with van der Waals surface area (Å²) in [6.07, 6.45) is 2.27. The lowest BCUT2D eigenvalue weighted by molar-refractivity contribution is -0.116. The first-order chi connectivity index (χ1) is 16.6. The van der Waals surface area contributed by atoms with Gasteiger partial charge in [0.1, 0.15) is 11.8 Å². The van der Waals surface area contributed by atoms with Gasteiger partial charge in [-0.1, -0.05) is 12.1 Å². The molecule has 0 radical (unpaired) electrons. The monoisotopic (exact) mass is 457 g/mol. The molecule has 2 aromatic carbocycles. The van der Waals surface area contributed by atoms with Crippen molar-refractivity contribution in [1.82, 2.24) is 14.8 Å². The molecule has 0 saturated carbocycles. The van der Waals surface area contributed by atoms with Crippen molar-refractivity contribution in [1.29, 1.82) is 0 Å². The number of fused-ring (bicyclic) bond motifs is 1. The molecule has 176 valence electrons. The Bertz CT molecular complexity index is 1210. The summed E-state index contributed by atoms with van der Waals surface area (Å²) >= 11 is 0. The van der Waals surface area contributed by atoms with Crippen molar-refractivity contribution in [3.8, 4) is 17.1 Å². The van der Waals surface area contributed by atoms with Gasteiger partial charge in [-0.15, -0.1) is 5.10 Å². The maximum Gasteiger partial charge on any atom is 0.226 e. The standard InChI is InChI=1S/C27H31N5O2/c1-4-31(5-2)20-14-10-19(11-15-20)26-29-27-28-22-8-7-9-23(33)24(22)25(32(27)30-26)18-12-16-21(17-13-18)34-6-3/h10-17,25H,4-9H2,1-3H3,(H,28,29,30). The van der Waals surface area contributed by atoms with E-state index in [0.717, 1.165) is 54.1 Å². The molecular weight excluding hydrogens is 426 g/mol. The highest BCUT2D eigenvalue weighted by atomic mass is 16.5. The maximum absolute atomic E-state index is 13.0. The molecule has 0 amide bonds. The number of hydrogen-bond donors (Lipinski definition) is 1. The normalized spacial score (nSPS) is 17.1. The van der Waals surface area contributed by atoms with Crippen LogP contribution >= 0.6 is 0 Å². The van der Waals surface area contributed by atoms with Crippen LogP contribution < -0.4 is 15.0 Å². The van der Waals surface area contributed by atoms with E-state index < -0.39 is 0 Å². The third kappa shape index (κ3) is 3.95. The van der Waals surface area contributed by atoms with Crippen molar-refractivity contribution in [2.24, 2.45) is 0 Å². The average molecular weight is 458 g/mol. The van der Waals surface area contributed by atoms with Gasteiger partial charge >= 0.3 is 0 Å². The van der Waals surface area contributed by atoms with Gasteiger partial charge in [-0.2, -0.15) is 4.98 Å². The lowest BCUT2D eigenvalue weighted by atomic mass is 9.85. The highest BCUT2D eigenvalue weighted by Gasteiger charge is 2.36. The lowest BCUT2D eigenvalue weighted by Gasteiger charge is -2.32. The van der Waals surface area contributed by atoms with Crippen LogP contribution in [0, 0.1) is 0 Å². The molecule has 0 bridgehead atoms. The molecule has 1 aliphatic carbocycles. The quantitative estimate of drug-likeness (QED) is 0.525. The van der Waals surface area contributed by atoms with Gasteiger partial charge in [0.15, 0.2) is 11.6 Å². The van der Waals surface area contributed by atoms with Gasteiger partial charge in [0, 0.05) is 42.0 Å². The zero-order chi connectivity index (χ0) is 23.7. The number of nitrogens with one attached hydrogen (secondary N) is 1. The van der Waals surface area contributed by atoms with Crippen LogP contribution in [0.1, 0.15) is 51.6 Å². The molecule has 0 fully saturated rings. The van der Waals surface area contributed by atoms with E-state index in [0.29, 0.717) is 24.8 Å². The van der Waals surface area contributed by atoms with Crippen molar-refractivity contribution in [3.63, 3.8) is 0 Å². The van der Waals surface area contributed by atoms with E-state index in [9.17, 15) is 4.79 Å². The number of allylic oxidation sites excluding steroid dienone is 2. The molecule has 1 atom stereocenters. The number of anilines is 2. The number of nitrogens with zero attached hydrogens (tertiary/aromatic N) is 4. The number of benzene rings is 2. The molecule has 1 aromatic heterocycles. The van der Waals surface area contributed by atoms with E-state index in [1.807, 2.05) is 35.9 Å². The summed E-state index contributed by atoms with van der Waals surface area (Å²) in [5, 5.41) is 8.30. The maximum atomic E-state index is 13.0. The minimum Gasteiger partial charge on any atom is -0.494 e. The highest BCUT2D eigenvalue weighted by molar-refractivity contribution is 5.99. The number of aromatic nitrogens is 3. The second kappa shape index (κ2) is 9.33. The first kappa shape index (κ1) is 22.2.